The van der Waals surface area contributed by atoms with Gasteiger partial charge in [-0.2, -0.15) is 0 Å². The van der Waals surface area contributed by atoms with Gasteiger partial charge in [0.25, 0.3) is 0 Å². The van der Waals surface area contributed by atoms with E-state index in [4.69, 9.17) is 9.47 Å². The Kier molecular flexibility index (Phi) is 3.87. The first-order valence-electron chi connectivity index (χ1n) is 7.18. The maximum Gasteiger partial charge on any atom is 0.410 e. The number of aromatic nitrogens is 1. The van der Waals surface area contributed by atoms with E-state index in [9.17, 15) is 4.79 Å². The molecule has 5 heteroatoms. The molecule has 0 fully saturated rings. The Labute approximate surface area is 126 Å². The van der Waals surface area contributed by atoms with Gasteiger partial charge in [0.2, 0.25) is 0 Å². The van der Waals surface area contributed by atoms with Crippen molar-refractivity contribution in [3.05, 3.63) is 23.5 Å². The van der Waals surface area contributed by atoms with Crippen molar-refractivity contribution in [2.45, 2.75) is 59.3 Å². The number of rotatable bonds is 0. The molecule has 0 saturated heterocycles. The fourth-order valence-corrected chi connectivity index (χ4v) is 2.28. The second-order valence-electron chi connectivity index (χ2n) is 7.13. The second-order valence-corrected chi connectivity index (χ2v) is 7.13. The van der Waals surface area contributed by atoms with Gasteiger partial charge in [-0.05, 0) is 41.5 Å². The summed E-state index contributed by atoms with van der Waals surface area (Å²) < 4.78 is 11.5. The molecular weight excluding hydrogens is 268 g/mol. The van der Waals surface area contributed by atoms with Gasteiger partial charge in [0.05, 0.1) is 13.1 Å². The molecule has 5 nitrogen and oxygen atoms in total. The topological polar surface area (TPSA) is 51.7 Å². The van der Waals surface area contributed by atoms with Crippen LogP contribution in [0.1, 0.15) is 45.9 Å². The van der Waals surface area contributed by atoms with Crippen molar-refractivity contribution >= 4 is 6.09 Å². The van der Waals surface area contributed by atoms with Crippen LogP contribution in [0.25, 0.3) is 0 Å². The molecule has 1 aliphatic heterocycles. The number of carbonyl (C=O) groups excluding carboxylic acids is 1. The van der Waals surface area contributed by atoms with E-state index in [1.165, 1.54) is 0 Å². The number of hydrogen-bond donors (Lipinski definition) is 0. The molecule has 2 rings (SSSR count). The maximum atomic E-state index is 12.4. The standard InChI is InChI=1S/C16H24N2O3/c1-11-7-13-12(8-17-11)9-18(10-16(5,6)20-13)14(19)21-15(2,3)4/h7-8H,9-10H2,1-6H3. The molecule has 0 radical (unpaired) electrons. The summed E-state index contributed by atoms with van der Waals surface area (Å²) in [6.45, 7) is 12.4. The first-order valence-corrected chi connectivity index (χ1v) is 7.18. The van der Waals surface area contributed by atoms with Gasteiger partial charge >= 0.3 is 6.09 Å². The van der Waals surface area contributed by atoms with Crippen molar-refractivity contribution in [3.63, 3.8) is 0 Å². The van der Waals surface area contributed by atoms with E-state index in [-0.39, 0.29) is 6.09 Å². The average Bonchev–Trinajstić information content (AvgIpc) is 2.41. The summed E-state index contributed by atoms with van der Waals surface area (Å²) in [6.07, 6.45) is 1.44. The highest BCUT2D eigenvalue weighted by atomic mass is 16.6. The highest BCUT2D eigenvalue weighted by Crippen LogP contribution is 2.30. The minimum Gasteiger partial charge on any atom is -0.486 e. The maximum absolute atomic E-state index is 12.4. The summed E-state index contributed by atoms with van der Waals surface area (Å²) in [6, 6.07) is 1.91. The van der Waals surface area contributed by atoms with Gasteiger partial charge in [0.1, 0.15) is 17.0 Å². The summed E-state index contributed by atoms with van der Waals surface area (Å²) in [7, 11) is 0. The molecule has 0 N–H and O–H groups in total. The molecule has 1 aliphatic rings. The molecule has 2 heterocycles. The van der Waals surface area contributed by atoms with Gasteiger partial charge in [-0.15, -0.1) is 0 Å². The number of pyridine rings is 1. The molecule has 1 aromatic heterocycles. The van der Waals surface area contributed by atoms with Crippen LogP contribution in [0.5, 0.6) is 5.75 Å². The molecule has 0 aromatic carbocycles. The van der Waals surface area contributed by atoms with Crippen LogP contribution in [0.4, 0.5) is 4.79 Å². The lowest BCUT2D eigenvalue weighted by Gasteiger charge is -2.31. The molecule has 0 unspecified atom stereocenters. The van der Waals surface area contributed by atoms with Crippen molar-refractivity contribution in [2.75, 3.05) is 6.54 Å². The lowest BCUT2D eigenvalue weighted by atomic mass is 10.1. The largest absolute Gasteiger partial charge is 0.486 e. The van der Waals surface area contributed by atoms with Gasteiger partial charge in [0, 0.05) is 23.5 Å². The van der Waals surface area contributed by atoms with Crippen molar-refractivity contribution < 1.29 is 14.3 Å². The summed E-state index contributed by atoms with van der Waals surface area (Å²) in [5.74, 6) is 0.790. The van der Waals surface area contributed by atoms with Gasteiger partial charge in [-0.3, -0.25) is 9.88 Å². The molecule has 1 aromatic rings. The fourth-order valence-electron chi connectivity index (χ4n) is 2.28. The van der Waals surface area contributed by atoms with Crippen LogP contribution in [0.2, 0.25) is 0 Å². The Balaban J connectivity index is 2.29. The van der Waals surface area contributed by atoms with E-state index < -0.39 is 11.2 Å². The van der Waals surface area contributed by atoms with Crippen molar-refractivity contribution in [2.24, 2.45) is 0 Å². The molecule has 0 atom stereocenters. The third-order valence-electron chi connectivity index (χ3n) is 3.05. The smallest absolute Gasteiger partial charge is 0.410 e. The Morgan fingerprint density at radius 2 is 2.10 bits per heavy atom. The molecule has 21 heavy (non-hydrogen) atoms. The molecular formula is C16H24N2O3. The first-order chi connectivity index (χ1) is 9.56. The molecule has 0 aliphatic carbocycles. The molecule has 0 spiro atoms. The zero-order valence-corrected chi connectivity index (χ0v) is 13.7. The normalized spacial score (nSPS) is 17.5. The Morgan fingerprint density at radius 1 is 1.43 bits per heavy atom. The van der Waals surface area contributed by atoms with E-state index in [1.54, 1.807) is 11.1 Å². The van der Waals surface area contributed by atoms with Crippen LogP contribution in [0.3, 0.4) is 0 Å². The monoisotopic (exact) mass is 292 g/mol. The van der Waals surface area contributed by atoms with Crippen molar-refractivity contribution in [1.29, 1.82) is 0 Å². The summed E-state index contributed by atoms with van der Waals surface area (Å²) in [4.78, 5) is 18.3. The van der Waals surface area contributed by atoms with Gasteiger partial charge in [0.15, 0.2) is 0 Å². The molecule has 0 bridgehead atoms. The number of aryl methyl sites for hydroxylation is 1. The Bertz CT molecular complexity index is 547. The second kappa shape index (κ2) is 5.20. The van der Waals surface area contributed by atoms with Crippen LogP contribution < -0.4 is 4.74 Å². The lowest BCUT2D eigenvalue weighted by Crippen LogP contribution is -2.45. The minimum absolute atomic E-state index is 0.326. The summed E-state index contributed by atoms with van der Waals surface area (Å²) in [5, 5.41) is 0. The number of nitrogens with zero attached hydrogens (tertiary/aromatic N) is 2. The first kappa shape index (κ1) is 15.6. The average molecular weight is 292 g/mol. The third kappa shape index (κ3) is 4.09. The van der Waals surface area contributed by atoms with Crippen LogP contribution in [0.15, 0.2) is 12.3 Å². The van der Waals surface area contributed by atoms with E-state index in [0.717, 1.165) is 17.0 Å². The summed E-state index contributed by atoms with van der Waals surface area (Å²) in [5.41, 5.74) is 0.811. The SMILES string of the molecule is Cc1cc2c(cn1)CN(C(=O)OC(C)(C)C)CC(C)(C)O2. The third-order valence-corrected chi connectivity index (χ3v) is 3.05. The Morgan fingerprint density at radius 3 is 2.71 bits per heavy atom. The van der Waals surface area contributed by atoms with Gasteiger partial charge < -0.3 is 9.47 Å². The number of carbonyl (C=O) groups is 1. The number of ether oxygens (including phenoxy) is 2. The zero-order valence-electron chi connectivity index (χ0n) is 13.7. The number of hydrogen-bond acceptors (Lipinski definition) is 4. The lowest BCUT2D eigenvalue weighted by molar-refractivity contribution is 0.00752. The van der Waals surface area contributed by atoms with Crippen LogP contribution >= 0.6 is 0 Å². The molecule has 0 saturated carbocycles. The highest BCUT2D eigenvalue weighted by Gasteiger charge is 2.33. The van der Waals surface area contributed by atoms with E-state index in [1.807, 2.05) is 47.6 Å². The van der Waals surface area contributed by atoms with E-state index in [2.05, 4.69) is 4.98 Å². The highest BCUT2D eigenvalue weighted by molar-refractivity contribution is 5.68. The molecule has 116 valence electrons. The van der Waals surface area contributed by atoms with Crippen LogP contribution in [-0.2, 0) is 11.3 Å². The minimum atomic E-state index is -0.511. The zero-order chi connectivity index (χ0) is 15.8. The van der Waals surface area contributed by atoms with Gasteiger partial charge in [-0.1, -0.05) is 0 Å². The number of fused-ring (bicyclic) bond motifs is 1. The summed E-state index contributed by atoms with van der Waals surface area (Å²) >= 11 is 0. The van der Waals surface area contributed by atoms with Gasteiger partial charge in [-0.25, -0.2) is 4.79 Å². The molecule has 1 amide bonds. The van der Waals surface area contributed by atoms with Crippen molar-refractivity contribution in [3.8, 4) is 5.75 Å². The predicted molar refractivity (Wildman–Crippen MR) is 80.3 cm³/mol. The fraction of sp³-hybridized carbons (Fsp3) is 0.625. The van der Waals surface area contributed by atoms with E-state index >= 15 is 0 Å². The number of amides is 1. The van der Waals surface area contributed by atoms with Crippen molar-refractivity contribution in [1.82, 2.24) is 9.88 Å². The van der Waals surface area contributed by atoms with Crippen LogP contribution in [-0.4, -0.2) is 33.7 Å². The Hall–Kier alpha value is -1.78. The predicted octanol–water partition coefficient (Wildman–Crippen LogP) is 3.30. The quantitative estimate of drug-likeness (QED) is 0.736. The van der Waals surface area contributed by atoms with E-state index in [0.29, 0.717) is 13.1 Å². The van der Waals surface area contributed by atoms with Crippen LogP contribution in [0, 0.1) is 6.92 Å².